The van der Waals surface area contributed by atoms with Gasteiger partial charge in [-0.15, -0.1) is 0 Å². The Kier molecular flexibility index (Phi) is 6.97. The molecule has 0 N–H and O–H groups in total. The summed E-state index contributed by atoms with van der Waals surface area (Å²) in [7, 11) is 0. The van der Waals surface area contributed by atoms with Crippen molar-refractivity contribution in [3.8, 4) is 67.5 Å². The molecule has 0 bridgehead atoms. The van der Waals surface area contributed by atoms with E-state index in [1.54, 1.807) is 0 Å². The summed E-state index contributed by atoms with van der Waals surface area (Å²) in [5.41, 5.74) is 18.2. The van der Waals surface area contributed by atoms with Crippen molar-refractivity contribution in [3.63, 3.8) is 0 Å². The average molecular weight is 804 g/mol. The molecule has 63 heavy (non-hydrogen) atoms. The lowest BCUT2D eigenvalue weighted by Crippen LogP contribution is -2.25. The van der Waals surface area contributed by atoms with Gasteiger partial charge in [0.15, 0.2) is 17.5 Å². The Labute approximate surface area is 361 Å². The number of para-hydroxylation sites is 1. The summed E-state index contributed by atoms with van der Waals surface area (Å²) >= 11 is 0. The Morgan fingerprint density at radius 2 is 0.810 bits per heavy atom. The summed E-state index contributed by atoms with van der Waals surface area (Å²) in [6.07, 6.45) is 0. The normalized spacial score (nSPS) is 13.2. The van der Waals surface area contributed by atoms with Gasteiger partial charge in [0.05, 0.1) is 5.41 Å². The second-order valence-electron chi connectivity index (χ2n) is 16.6. The van der Waals surface area contributed by atoms with E-state index in [-0.39, 0.29) is 0 Å². The molecule has 0 unspecified atom stereocenters. The molecule has 2 aliphatic rings. The highest BCUT2D eigenvalue weighted by atomic mass is 16.3. The SMILES string of the molecule is c1ccc(-c2nc(-c3ccc4oc5ccccc5c4c3)nc(-c3cccc4oc5ccc(-c6cccc7c6-c6ccccc6C76c7ccccc7-c7ccccc76)cc5c34)n2)cc1. The van der Waals surface area contributed by atoms with Gasteiger partial charge in [-0.3, -0.25) is 0 Å². The van der Waals surface area contributed by atoms with E-state index in [9.17, 15) is 0 Å². The van der Waals surface area contributed by atoms with Gasteiger partial charge in [-0.25, -0.2) is 15.0 Å². The van der Waals surface area contributed by atoms with Gasteiger partial charge in [0.25, 0.3) is 0 Å². The number of fused-ring (bicyclic) bond motifs is 16. The van der Waals surface area contributed by atoms with E-state index in [0.29, 0.717) is 17.5 Å². The van der Waals surface area contributed by atoms with E-state index in [0.717, 1.165) is 66.1 Å². The summed E-state index contributed by atoms with van der Waals surface area (Å²) in [5, 5.41) is 4.04. The van der Waals surface area contributed by atoms with Crippen molar-refractivity contribution in [1.29, 1.82) is 0 Å². The molecule has 0 atom stereocenters. The Morgan fingerprint density at radius 3 is 1.60 bits per heavy atom. The lowest BCUT2D eigenvalue weighted by atomic mass is 9.70. The van der Waals surface area contributed by atoms with Crippen molar-refractivity contribution in [2.24, 2.45) is 0 Å². The van der Waals surface area contributed by atoms with Gasteiger partial charge >= 0.3 is 0 Å². The fraction of sp³-hybridized carbons (Fsp3) is 0.0172. The quantitative estimate of drug-likeness (QED) is 0.177. The van der Waals surface area contributed by atoms with E-state index in [4.69, 9.17) is 23.8 Å². The molecule has 0 saturated carbocycles. The van der Waals surface area contributed by atoms with Crippen LogP contribution in [0.4, 0.5) is 0 Å². The van der Waals surface area contributed by atoms with Crippen LogP contribution in [0.2, 0.25) is 0 Å². The maximum Gasteiger partial charge on any atom is 0.164 e. The van der Waals surface area contributed by atoms with Crippen LogP contribution in [0.25, 0.3) is 111 Å². The van der Waals surface area contributed by atoms with Crippen LogP contribution in [0.3, 0.4) is 0 Å². The molecule has 292 valence electrons. The van der Waals surface area contributed by atoms with Crippen molar-refractivity contribution in [2.45, 2.75) is 5.41 Å². The fourth-order valence-corrected chi connectivity index (χ4v) is 10.8. The second kappa shape index (κ2) is 12.8. The van der Waals surface area contributed by atoms with Crippen molar-refractivity contribution in [1.82, 2.24) is 15.0 Å². The molecule has 2 aliphatic carbocycles. The van der Waals surface area contributed by atoms with E-state index in [2.05, 4.69) is 127 Å². The first-order valence-corrected chi connectivity index (χ1v) is 21.3. The molecular weight excluding hydrogens is 771 g/mol. The van der Waals surface area contributed by atoms with E-state index in [1.807, 2.05) is 72.8 Å². The van der Waals surface area contributed by atoms with Gasteiger partial charge in [-0.05, 0) is 98.1 Å². The van der Waals surface area contributed by atoms with Gasteiger partial charge < -0.3 is 8.83 Å². The molecule has 1 spiro atoms. The van der Waals surface area contributed by atoms with E-state index in [1.165, 1.54) is 50.1 Å². The largest absolute Gasteiger partial charge is 0.456 e. The van der Waals surface area contributed by atoms with Gasteiger partial charge in [-0.2, -0.15) is 0 Å². The van der Waals surface area contributed by atoms with Crippen LogP contribution in [-0.2, 0) is 5.41 Å². The highest BCUT2D eigenvalue weighted by Crippen LogP contribution is 2.64. The molecule has 0 amide bonds. The Hall–Kier alpha value is -8.41. The van der Waals surface area contributed by atoms with Crippen LogP contribution in [0.15, 0.2) is 209 Å². The number of hydrogen-bond donors (Lipinski definition) is 0. The molecule has 14 rings (SSSR count). The van der Waals surface area contributed by atoms with Crippen LogP contribution in [0.1, 0.15) is 22.3 Å². The first-order chi connectivity index (χ1) is 31.2. The summed E-state index contributed by atoms with van der Waals surface area (Å²) in [4.78, 5) is 15.5. The third-order valence-electron chi connectivity index (χ3n) is 13.4. The monoisotopic (exact) mass is 803 g/mol. The third-order valence-corrected chi connectivity index (χ3v) is 13.4. The second-order valence-corrected chi connectivity index (χ2v) is 16.6. The number of aromatic nitrogens is 3. The first-order valence-electron chi connectivity index (χ1n) is 21.3. The summed E-state index contributed by atoms with van der Waals surface area (Å²) in [6, 6.07) is 70.9. The van der Waals surface area contributed by atoms with Crippen LogP contribution in [0, 0.1) is 0 Å². The predicted molar refractivity (Wildman–Crippen MR) is 252 cm³/mol. The summed E-state index contributed by atoms with van der Waals surface area (Å²) < 4.78 is 12.8. The van der Waals surface area contributed by atoms with Gasteiger partial charge in [0, 0.05) is 38.2 Å². The number of hydrogen-bond acceptors (Lipinski definition) is 5. The molecule has 5 heteroatoms. The minimum Gasteiger partial charge on any atom is -0.456 e. The van der Waals surface area contributed by atoms with Crippen molar-refractivity contribution in [3.05, 3.63) is 222 Å². The summed E-state index contributed by atoms with van der Waals surface area (Å²) in [6.45, 7) is 0. The maximum absolute atomic E-state index is 6.64. The first kappa shape index (κ1) is 34.3. The Balaban J connectivity index is 0.980. The smallest absolute Gasteiger partial charge is 0.164 e. The molecular formula is C58H33N3O2. The zero-order valence-electron chi connectivity index (χ0n) is 33.7. The molecule has 3 aromatic heterocycles. The summed E-state index contributed by atoms with van der Waals surface area (Å²) in [5.74, 6) is 1.75. The molecule has 9 aromatic carbocycles. The maximum atomic E-state index is 6.64. The van der Waals surface area contributed by atoms with Crippen LogP contribution < -0.4 is 0 Å². The van der Waals surface area contributed by atoms with Crippen LogP contribution >= 0.6 is 0 Å². The van der Waals surface area contributed by atoms with Crippen molar-refractivity contribution < 1.29 is 8.83 Å². The van der Waals surface area contributed by atoms with E-state index >= 15 is 0 Å². The number of furan rings is 2. The predicted octanol–water partition coefficient (Wildman–Crippen LogP) is 14.7. The Bertz CT molecular complexity index is 3830. The van der Waals surface area contributed by atoms with E-state index < -0.39 is 5.41 Å². The average Bonchev–Trinajstić information content (AvgIpc) is 4.09. The minimum absolute atomic E-state index is 0.420. The van der Waals surface area contributed by atoms with Crippen LogP contribution in [-0.4, -0.2) is 15.0 Å². The molecule has 5 nitrogen and oxygen atoms in total. The number of rotatable bonds is 4. The van der Waals surface area contributed by atoms with Crippen molar-refractivity contribution in [2.75, 3.05) is 0 Å². The van der Waals surface area contributed by atoms with Crippen molar-refractivity contribution >= 4 is 43.9 Å². The van der Waals surface area contributed by atoms with Gasteiger partial charge in [0.1, 0.15) is 22.3 Å². The molecule has 3 heterocycles. The third kappa shape index (κ3) is 4.73. The lowest BCUT2D eigenvalue weighted by molar-refractivity contribution is 0.668. The highest BCUT2D eigenvalue weighted by molar-refractivity contribution is 6.13. The lowest BCUT2D eigenvalue weighted by Gasteiger charge is -2.30. The number of benzene rings is 9. The molecule has 0 radical (unpaired) electrons. The highest BCUT2D eigenvalue weighted by Gasteiger charge is 2.52. The van der Waals surface area contributed by atoms with Gasteiger partial charge in [-0.1, -0.05) is 158 Å². The molecule has 0 aliphatic heterocycles. The topological polar surface area (TPSA) is 65.0 Å². The number of nitrogens with zero attached hydrogens (tertiary/aromatic N) is 3. The molecule has 0 fully saturated rings. The fourth-order valence-electron chi connectivity index (χ4n) is 10.8. The molecule has 12 aromatic rings. The van der Waals surface area contributed by atoms with Crippen LogP contribution in [0.5, 0.6) is 0 Å². The standard InChI is InChI=1S/C58H33N3O2/c1-2-14-34(15-3-1)55-59-56(36-29-31-50-43(33-36)40-18-7-11-26-49(40)62-50)61-57(60-55)42-21-13-27-52-54(42)44-32-35(28-30-51(44)63-52)37-20-12-25-48-53(37)41-19-6-10-24-47(41)58(48)45-22-8-4-16-38(45)39-17-5-9-23-46(39)58/h1-33H. The minimum atomic E-state index is -0.420. The zero-order chi connectivity index (χ0) is 41.2. The van der Waals surface area contributed by atoms with Gasteiger partial charge in [0.2, 0.25) is 0 Å². The zero-order valence-corrected chi connectivity index (χ0v) is 33.7. The molecule has 0 saturated heterocycles. The Morgan fingerprint density at radius 1 is 0.302 bits per heavy atom.